The summed E-state index contributed by atoms with van der Waals surface area (Å²) in [6.45, 7) is 5.92. The largest absolute Gasteiger partial charge is 0.497 e. The molecule has 0 aromatic heterocycles. The zero-order valence-electron chi connectivity index (χ0n) is 18.7. The van der Waals surface area contributed by atoms with Crippen LogP contribution in [0.5, 0.6) is 5.75 Å². The lowest BCUT2D eigenvalue weighted by atomic mass is 10.0. The van der Waals surface area contributed by atoms with Gasteiger partial charge < -0.3 is 24.8 Å². The summed E-state index contributed by atoms with van der Waals surface area (Å²) in [6.07, 6.45) is 4.79. The highest BCUT2D eigenvalue weighted by Gasteiger charge is 2.22. The molecule has 1 saturated heterocycles. The van der Waals surface area contributed by atoms with Crippen LogP contribution in [-0.2, 0) is 9.47 Å². The molecule has 1 aromatic rings. The number of guanidine groups is 1. The first-order valence-corrected chi connectivity index (χ1v) is 10.7. The third-order valence-electron chi connectivity index (χ3n) is 5.21. The minimum Gasteiger partial charge on any atom is -0.497 e. The van der Waals surface area contributed by atoms with E-state index in [1.807, 2.05) is 19.2 Å². The maximum Gasteiger partial charge on any atom is 0.191 e. The van der Waals surface area contributed by atoms with E-state index in [9.17, 15) is 0 Å². The first-order valence-electron chi connectivity index (χ1n) is 10.7. The summed E-state index contributed by atoms with van der Waals surface area (Å²) in [5.41, 5.74) is 1.31. The molecule has 1 fully saturated rings. The van der Waals surface area contributed by atoms with E-state index in [2.05, 4.69) is 32.7 Å². The molecule has 1 aromatic carbocycles. The van der Waals surface area contributed by atoms with Crippen LogP contribution < -0.4 is 15.4 Å². The number of hydrogen-bond acceptors (Lipinski definition) is 5. The molecule has 1 unspecified atom stereocenters. The van der Waals surface area contributed by atoms with Crippen molar-refractivity contribution in [3.05, 3.63) is 29.8 Å². The van der Waals surface area contributed by atoms with E-state index in [1.165, 1.54) is 24.8 Å². The number of nitrogens with zero attached hydrogens (tertiary/aromatic N) is 2. The SMILES string of the molecule is CN=C(NCCCOCCOC)NCC(c1ccc(OC)cc1)N1CCCCC1.I. The summed E-state index contributed by atoms with van der Waals surface area (Å²) < 4.78 is 15.8. The van der Waals surface area contributed by atoms with Crippen molar-refractivity contribution >= 4 is 29.9 Å². The Morgan fingerprint density at radius 1 is 1.03 bits per heavy atom. The summed E-state index contributed by atoms with van der Waals surface area (Å²) in [6, 6.07) is 8.75. The van der Waals surface area contributed by atoms with Crippen LogP contribution in [0.3, 0.4) is 0 Å². The van der Waals surface area contributed by atoms with Gasteiger partial charge in [0.25, 0.3) is 0 Å². The van der Waals surface area contributed by atoms with E-state index in [0.29, 0.717) is 19.3 Å². The Bertz CT molecular complexity index is 580. The minimum absolute atomic E-state index is 0. The topological polar surface area (TPSA) is 67.4 Å². The van der Waals surface area contributed by atoms with E-state index in [0.717, 1.165) is 50.9 Å². The molecule has 0 amide bonds. The molecule has 2 rings (SSSR count). The minimum atomic E-state index is 0. The fourth-order valence-electron chi connectivity index (χ4n) is 3.55. The van der Waals surface area contributed by atoms with E-state index < -0.39 is 0 Å². The highest BCUT2D eigenvalue weighted by Crippen LogP contribution is 2.25. The molecule has 1 heterocycles. The number of nitrogens with one attached hydrogen (secondary N) is 2. The second-order valence-corrected chi connectivity index (χ2v) is 7.22. The molecule has 30 heavy (non-hydrogen) atoms. The van der Waals surface area contributed by atoms with Crippen molar-refractivity contribution in [2.24, 2.45) is 4.99 Å². The third kappa shape index (κ3) is 9.80. The van der Waals surface area contributed by atoms with E-state index in [-0.39, 0.29) is 24.0 Å². The Morgan fingerprint density at radius 2 is 1.77 bits per heavy atom. The number of halogens is 1. The van der Waals surface area contributed by atoms with Crippen LogP contribution in [0.15, 0.2) is 29.3 Å². The maximum absolute atomic E-state index is 5.50. The predicted molar refractivity (Wildman–Crippen MR) is 133 cm³/mol. The van der Waals surface area contributed by atoms with Gasteiger partial charge >= 0.3 is 0 Å². The monoisotopic (exact) mass is 534 g/mol. The summed E-state index contributed by atoms with van der Waals surface area (Å²) >= 11 is 0. The quantitative estimate of drug-likeness (QED) is 0.186. The van der Waals surface area contributed by atoms with E-state index in [1.54, 1.807) is 14.2 Å². The van der Waals surface area contributed by atoms with Crippen molar-refractivity contribution in [1.82, 2.24) is 15.5 Å². The second kappa shape index (κ2) is 16.6. The van der Waals surface area contributed by atoms with Gasteiger partial charge in [-0.05, 0) is 50.0 Å². The zero-order chi connectivity index (χ0) is 20.7. The molecular weight excluding hydrogens is 495 g/mol. The molecule has 1 aliphatic heterocycles. The highest BCUT2D eigenvalue weighted by molar-refractivity contribution is 14.0. The van der Waals surface area contributed by atoms with Crippen molar-refractivity contribution in [2.45, 2.75) is 31.7 Å². The molecule has 0 radical (unpaired) electrons. The zero-order valence-corrected chi connectivity index (χ0v) is 21.0. The van der Waals surface area contributed by atoms with Crippen LogP contribution in [-0.4, -0.2) is 78.1 Å². The number of ether oxygens (including phenoxy) is 3. The number of aliphatic imine (C=N–C) groups is 1. The van der Waals surface area contributed by atoms with Gasteiger partial charge in [-0.1, -0.05) is 18.6 Å². The molecule has 7 nitrogen and oxygen atoms in total. The van der Waals surface area contributed by atoms with Crippen LogP contribution in [0.2, 0.25) is 0 Å². The lowest BCUT2D eigenvalue weighted by molar-refractivity contribution is 0.0698. The summed E-state index contributed by atoms with van der Waals surface area (Å²) in [4.78, 5) is 6.95. The number of rotatable bonds is 12. The number of benzene rings is 1. The standard InChI is InChI=1S/C22H38N4O3.HI/c1-23-22(24-12-7-15-29-17-16-27-2)25-18-21(26-13-5-4-6-14-26)19-8-10-20(28-3)11-9-19;/h8-11,21H,4-7,12-18H2,1-3H3,(H2,23,24,25);1H. The summed E-state index contributed by atoms with van der Waals surface area (Å²) in [5.74, 6) is 1.72. The average molecular weight is 534 g/mol. The molecule has 1 atom stereocenters. The van der Waals surface area contributed by atoms with Crippen molar-refractivity contribution in [3.8, 4) is 5.75 Å². The Morgan fingerprint density at radius 3 is 2.40 bits per heavy atom. The molecular formula is C22H39IN4O3. The fraction of sp³-hybridized carbons (Fsp3) is 0.682. The molecule has 8 heteroatoms. The summed E-state index contributed by atoms with van der Waals surface area (Å²) in [5, 5.41) is 6.89. The van der Waals surface area contributed by atoms with Crippen LogP contribution in [0, 0.1) is 0 Å². The van der Waals surface area contributed by atoms with Gasteiger partial charge in [-0.15, -0.1) is 24.0 Å². The Hall–Kier alpha value is -1.10. The Labute approximate surface area is 199 Å². The van der Waals surface area contributed by atoms with Gasteiger partial charge in [0.2, 0.25) is 0 Å². The van der Waals surface area contributed by atoms with Gasteiger partial charge in [-0.25, -0.2) is 0 Å². The van der Waals surface area contributed by atoms with E-state index >= 15 is 0 Å². The van der Waals surface area contributed by atoms with Crippen LogP contribution in [0.4, 0.5) is 0 Å². The maximum atomic E-state index is 5.50. The van der Waals surface area contributed by atoms with Crippen LogP contribution in [0.25, 0.3) is 0 Å². The van der Waals surface area contributed by atoms with Crippen molar-refractivity contribution in [1.29, 1.82) is 0 Å². The third-order valence-corrected chi connectivity index (χ3v) is 5.21. The molecule has 0 aliphatic carbocycles. The van der Waals surface area contributed by atoms with Crippen molar-refractivity contribution in [2.75, 3.05) is 67.3 Å². The van der Waals surface area contributed by atoms with Crippen LogP contribution in [0.1, 0.15) is 37.3 Å². The number of likely N-dealkylation sites (tertiary alicyclic amines) is 1. The predicted octanol–water partition coefficient (Wildman–Crippen LogP) is 3.06. The molecule has 0 spiro atoms. The average Bonchev–Trinajstić information content (AvgIpc) is 2.78. The van der Waals surface area contributed by atoms with Gasteiger partial charge in [-0.2, -0.15) is 0 Å². The number of piperidine rings is 1. The first-order chi connectivity index (χ1) is 14.3. The Kier molecular flexibility index (Phi) is 14.9. The smallest absolute Gasteiger partial charge is 0.191 e. The molecule has 172 valence electrons. The molecule has 2 N–H and O–H groups in total. The normalized spacial score (nSPS) is 15.9. The van der Waals surface area contributed by atoms with E-state index in [4.69, 9.17) is 14.2 Å². The van der Waals surface area contributed by atoms with Gasteiger partial charge in [0.05, 0.1) is 26.4 Å². The number of hydrogen-bond donors (Lipinski definition) is 2. The van der Waals surface area contributed by atoms with Gasteiger partial charge in [0, 0.05) is 33.9 Å². The van der Waals surface area contributed by atoms with Gasteiger partial charge in [0.1, 0.15) is 5.75 Å². The summed E-state index contributed by atoms with van der Waals surface area (Å²) in [7, 11) is 5.20. The molecule has 0 saturated carbocycles. The first kappa shape index (κ1) is 26.9. The fourth-order valence-corrected chi connectivity index (χ4v) is 3.55. The molecule has 1 aliphatic rings. The van der Waals surface area contributed by atoms with Crippen molar-refractivity contribution in [3.63, 3.8) is 0 Å². The van der Waals surface area contributed by atoms with Gasteiger partial charge in [-0.3, -0.25) is 9.89 Å². The van der Waals surface area contributed by atoms with Crippen LogP contribution >= 0.6 is 24.0 Å². The van der Waals surface area contributed by atoms with Gasteiger partial charge in [0.15, 0.2) is 5.96 Å². The highest BCUT2D eigenvalue weighted by atomic mass is 127. The van der Waals surface area contributed by atoms with Crippen molar-refractivity contribution < 1.29 is 14.2 Å². The Balaban J connectivity index is 0.00000450. The number of methoxy groups -OCH3 is 2. The lowest BCUT2D eigenvalue weighted by Gasteiger charge is -2.35. The lowest BCUT2D eigenvalue weighted by Crippen LogP contribution is -2.44. The molecule has 0 bridgehead atoms. The second-order valence-electron chi connectivity index (χ2n) is 7.22.